The molecule has 2 N–H and O–H groups in total. The average Bonchev–Trinajstić information content (AvgIpc) is 2.68. The molecule has 0 aliphatic heterocycles. The number of nitrogen functional groups attached to an aromatic ring is 1. The Morgan fingerprint density at radius 2 is 2.00 bits per heavy atom. The Morgan fingerprint density at radius 1 is 1.29 bits per heavy atom. The maximum Gasteiger partial charge on any atom is 0.161 e. The van der Waals surface area contributed by atoms with Crippen molar-refractivity contribution in [2.75, 3.05) is 12.8 Å². The zero-order valence-corrected chi connectivity index (χ0v) is 9.88. The van der Waals surface area contributed by atoms with E-state index in [1.54, 1.807) is 25.0 Å². The number of rotatable bonds is 4. The van der Waals surface area contributed by atoms with Crippen LogP contribution in [0, 0.1) is 0 Å². The molecule has 0 unspecified atom stereocenters. The quantitative estimate of drug-likeness (QED) is 0.871. The Labute approximate surface area is 99.8 Å². The predicted molar refractivity (Wildman–Crippen MR) is 64.9 cm³/mol. The van der Waals surface area contributed by atoms with Crippen LogP contribution in [0.4, 0.5) is 5.82 Å². The van der Waals surface area contributed by atoms with E-state index in [-0.39, 0.29) is 0 Å². The molecule has 0 atom stereocenters. The molecule has 0 saturated carbocycles. The van der Waals surface area contributed by atoms with Crippen molar-refractivity contribution in [2.24, 2.45) is 7.05 Å². The second kappa shape index (κ2) is 4.78. The van der Waals surface area contributed by atoms with Crippen LogP contribution >= 0.6 is 0 Å². The highest BCUT2D eigenvalue weighted by atomic mass is 16.5. The highest BCUT2D eigenvalue weighted by Crippen LogP contribution is 2.27. The minimum atomic E-state index is 0.375. The second-order valence-corrected chi connectivity index (χ2v) is 3.62. The molecule has 0 aliphatic rings. The van der Waals surface area contributed by atoms with Crippen molar-refractivity contribution in [3.05, 3.63) is 36.0 Å². The number of benzene rings is 1. The van der Waals surface area contributed by atoms with Crippen molar-refractivity contribution < 1.29 is 9.47 Å². The van der Waals surface area contributed by atoms with Gasteiger partial charge in [-0.2, -0.15) is 5.10 Å². The molecule has 90 valence electrons. The zero-order valence-electron chi connectivity index (χ0n) is 9.88. The first-order valence-corrected chi connectivity index (χ1v) is 5.24. The zero-order chi connectivity index (χ0) is 12.3. The van der Waals surface area contributed by atoms with E-state index in [1.807, 2.05) is 24.3 Å². The molecule has 5 heteroatoms. The molecule has 5 nitrogen and oxygen atoms in total. The first-order valence-electron chi connectivity index (χ1n) is 5.24. The number of para-hydroxylation sites is 2. The molecule has 0 aliphatic carbocycles. The van der Waals surface area contributed by atoms with Gasteiger partial charge in [0.15, 0.2) is 11.5 Å². The Balaban J connectivity index is 2.10. The summed E-state index contributed by atoms with van der Waals surface area (Å²) in [5, 5.41) is 4.05. The largest absolute Gasteiger partial charge is 0.493 e. The standard InChI is InChI=1S/C12H15N3O2/c1-15-12(13)9(7-14-15)8-17-11-6-4-3-5-10(11)16-2/h3-7H,8,13H2,1-2H3. The van der Waals surface area contributed by atoms with Gasteiger partial charge >= 0.3 is 0 Å². The van der Waals surface area contributed by atoms with E-state index >= 15 is 0 Å². The highest BCUT2D eigenvalue weighted by Gasteiger charge is 2.07. The van der Waals surface area contributed by atoms with Gasteiger partial charge in [-0.3, -0.25) is 4.68 Å². The fourth-order valence-corrected chi connectivity index (χ4v) is 1.50. The molecular weight excluding hydrogens is 218 g/mol. The van der Waals surface area contributed by atoms with Crippen LogP contribution < -0.4 is 15.2 Å². The normalized spacial score (nSPS) is 10.2. The van der Waals surface area contributed by atoms with Crippen molar-refractivity contribution in [1.82, 2.24) is 9.78 Å². The van der Waals surface area contributed by atoms with E-state index in [9.17, 15) is 0 Å². The van der Waals surface area contributed by atoms with Crippen molar-refractivity contribution in [1.29, 1.82) is 0 Å². The van der Waals surface area contributed by atoms with E-state index in [1.165, 1.54) is 0 Å². The molecule has 2 rings (SSSR count). The molecule has 1 aromatic heterocycles. The topological polar surface area (TPSA) is 62.3 Å². The molecule has 1 aromatic carbocycles. The van der Waals surface area contributed by atoms with Crippen LogP contribution in [0.3, 0.4) is 0 Å². The Morgan fingerprint density at radius 3 is 2.59 bits per heavy atom. The average molecular weight is 233 g/mol. The lowest BCUT2D eigenvalue weighted by molar-refractivity contribution is 0.285. The number of ether oxygens (including phenoxy) is 2. The van der Waals surface area contributed by atoms with Gasteiger partial charge in [0.25, 0.3) is 0 Å². The number of nitrogens with zero attached hydrogens (tertiary/aromatic N) is 2. The van der Waals surface area contributed by atoms with Gasteiger partial charge in [-0.25, -0.2) is 0 Å². The number of hydrogen-bond acceptors (Lipinski definition) is 4. The molecule has 17 heavy (non-hydrogen) atoms. The SMILES string of the molecule is COc1ccccc1OCc1cnn(C)c1N. The molecule has 0 radical (unpaired) electrons. The Bertz CT molecular complexity index is 508. The summed E-state index contributed by atoms with van der Waals surface area (Å²) in [5.41, 5.74) is 6.69. The fraction of sp³-hybridized carbons (Fsp3) is 0.250. The lowest BCUT2D eigenvalue weighted by Crippen LogP contribution is -2.02. The van der Waals surface area contributed by atoms with Crippen LogP contribution in [-0.4, -0.2) is 16.9 Å². The van der Waals surface area contributed by atoms with E-state index < -0.39 is 0 Å². The first kappa shape index (κ1) is 11.3. The summed E-state index contributed by atoms with van der Waals surface area (Å²) in [4.78, 5) is 0. The highest BCUT2D eigenvalue weighted by molar-refractivity contribution is 5.41. The van der Waals surface area contributed by atoms with Crippen LogP contribution in [0.5, 0.6) is 11.5 Å². The summed E-state index contributed by atoms with van der Waals surface area (Å²) in [6.07, 6.45) is 1.70. The second-order valence-electron chi connectivity index (χ2n) is 3.62. The summed E-state index contributed by atoms with van der Waals surface area (Å²) < 4.78 is 12.5. The summed E-state index contributed by atoms with van der Waals surface area (Å²) in [6, 6.07) is 7.49. The maximum absolute atomic E-state index is 5.83. The van der Waals surface area contributed by atoms with E-state index in [2.05, 4.69) is 5.10 Å². The number of aromatic nitrogens is 2. The molecule has 0 bridgehead atoms. The predicted octanol–water partition coefficient (Wildman–Crippen LogP) is 1.59. The third kappa shape index (κ3) is 2.33. The Hall–Kier alpha value is -2.17. The lowest BCUT2D eigenvalue weighted by Gasteiger charge is -2.09. The van der Waals surface area contributed by atoms with Crippen molar-refractivity contribution in [3.8, 4) is 11.5 Å². The van der Waals surface area contributed by atoms with Gasteiger partial charge in [-0.1, -0.05) is 12.1 Å². The first-order chi connectivity index (χ1) is 8.22. The van der Waals surface area contributed by atoms with Crippen LogP contribution in [0.1, 0.15) is 5.56 Å². The van der Waals surface area contributed by atoms with E-state index in [4.69, 9.17) is 15.2 Å². The minimum absolute atomic E-state index is 0.375. The van der Waals surface area contributed by atoms with Gasteiger partial charge in [-0.05, 0) is 12.1 Å². The van der Waals surface area contributed by atoms with Gasteiger partial charge in [0.05, 0.1) is 18.9 Å². The molecule has 0 amide bonds. The van der Waals surface area contributed by atoms with Crippen LogP contribution in [-0.2, 0) is 13.7 Å². The molecule has 2 aromatic rings. The Kier molecular flexibility index (Phi) is 3.18. The number of nitrogens with two attached hydrogens (primary N) is 1. The third-order valence-electron chi connectivity index (χ3n) is 2.52. The molecule has 1 heterocycles. The molecule has 0 saturated heterocycles. The van der Waals surface area contributed by atoms with Crippen LogP contribution in [0.2, 0.25) is 0 Å². The summed E-state index contributed by atoms with van der Waals surface area (Å²) >= 11 is 0. The monoisotopic (exact) mass is 233 g/mol. The van der Waals surface area contributed by atoms with Crippen molar-refractivity contribution >= 4 is 5.82 Å². The summed E-state index contributed by atoms with van der Waals surface area (Å²) in [7, 11) is 3.41. The number of anilines is 1. The smallest absolute Gasteiger partial charge is 0.161 e. The van der Waals surface area contributed by atoms with Crippen LogP contribution in [0.15, 0.2) is 30.5 Å². The summed E-state index contributed by atoms with van der Waals surface area (Å²) in [5.74, 6) is 2.01. The van der Waals surface area contributed by atoms with E-state index in [0.29, 0.717) is 23.9 Å². The fourth-order valence-electron chi connectivity index (χ4n) is 1.50. The number of aryl methyl sites for hydroxylation is 1. The van der Waals surface area contributed by atoms with E-state index in [0.717, 1.165) is 5.56 Å². The maximum atomic E-state index is 5.83. The number of hydrogen-bond donors (Lipinski definition) is 1. The van der Waals surface area contributed by atoms with Gasteiger partial charge in [0, 0.05) is 7.05 Å². The lowest BCUT2D eigenvalue weighted by atomic mass is 10.3. The van der Waals surface area contributed by atoms with Crippen LogP contribution in [0.25, 0.3) is 0 Å². The number of methoxy groups -OCH3 is 1. The third-order valence-corrected chi connectivity index (χ3v) is 2.52. The molecule has 0 spiro atoms. The van der Waals surface area contributed by atoms with Crippen molar-refractivity contribution in [2.45, 2.75) is 6.61 Å². The van der Waals surface area contributed by atoms with Crippen molar-refractivity contribution in [3.63, 3.8) is 0 Å². The minimum Gasteiger partial charge on any atom is -0.493 e. The molecule has 0 fully saturated rings. The molecular formula is C12H15N3O2. The summed E-state index contributed by atoms with van der Waals surface area (Å²) in [6.45, 7) is 0.375. The van der Waals surface area contributed by atoms with Gasteiger partial charge in [0.2, 0.25) is 0 Å². The van der Waals surface area contributed by atoms with Gasteiger partial charge in [0.1, 0.15) is 12.4 Å². The van der Waals surface area contributed by atoms with Gasteiger partial charge < -0.3 is 15.2 Å². The van der Waals surface area contributed by atoms with Gasteiger partial charge in [-0.15, -0.1) is 0 Å².